The van der Waals surface area contributed by atoms with Gasteiger partial charge in [0.15, 0.2) is 0 Å². The van der Waals surface area contributed by atoms with Gasteiger partial charge in [0.25, 0.3) is 5.91 Å². The maximum atomic E-state index is 13.3. The average molecular weight is 304 g/mol. The highest BCUT2D eigenvalue weighted by Gasteiger charge is 2.15. The van der Waals surface area contributed by atoms with Crippen LogP contribution in [0.15, 0.2) is 47.4 Å². The van der Waals surface area contributed by atoms with E-state index in [0.29, 0.717) is 6.54 Å². The van der Waals surface area contributed by atoms with E-state index >= 15 is 0 Å². The number of benzene rings is 2. The third kappa shape index (κ3) is 3.76. The minimum Gasteiger partial charge on any atom is -0.398 e. The summed E-state index contributed by atoms with van der Waals surface area (Å²) in [5.41, 5.74) is 7.23. The van der Waals surface area contributed by atoms with Crippen molar-refractivity contribution in [3.63, 3.8) is 0 Å². The number of carbonyl (C=O) groups excluding carboxylic acids is 1. The molecule has 2 aromatic carbocycles. The van der Waals surface area contributed by atoms with Crippen LogP contribution in [-0.2, 0) is 6.54 Å². The Morgan fingerprint density at radius 3 is 2.52 bits per heavy atom. The number of carbonyl (C=O) groups is 1. The Hall–Kier alpha value is -2.01. The number of amides is 1. The summed E-state index contributed by atoms with van der Waals surface area (Å²) in [4.78, 5) is 15.0. The summed E-state index contributed by atoms with van der Waals surface area (Å²) in [5, 5.41) is 0. The average Bonchev–Trinajstić information content (AvgIpc) is 2.49. The molecule has 0 radical (unpaired) electrons. The summed E-state index contributed by atoms with van der Waals surface area (Å²) >= 11 is 1.66. The summed E-state index contributed by atoms with van der Waals surface area (Å²) in [6, 6.07) is 11.8. The van der Waals surface area contributed by atoms with Crippen molar-refractivity contribution >= 4 is 23.4 Å². The second-order valence-corrected chi connectivity index (χ2v) is 5.62. The molecule has 0 atom stereocenters. The first-order valence-corrected chi connectivity index (χ1v) is 7.67. The van der Waals surface area contributed by atoms with Crippen molar-refractivity contribution in [1.82, 2.24) is 4.90 Å². The molecular formula is C16H17FN2OS. The zero-order valence-corrected chi connectivity index (χ0v) is 12.8. The van der Waals surface area contributed by atoms with Crippen LogP contribution in [0.25, 0.3) is 0 Å². The van der Waals surface area contributed by atoms with Crippen molar-refractivity contribution in [1.29, 1.82) is 0 Å². The Labute approximate surface area is 127 Å². The highest BCUT2D eigenvalue weighted by Crippen LogP contribution is 2.18. The molecule has 0 aromatic heterocycles. The van der Waals surface area contributed by atoms with Crippen molar-refractivity contribution < 1.29 is 9.18 Å². The molecule has 21 heavy (non-hydrogen) atoms. The third-order valence-corrected chi connectivity index (χ3v) is 3.91. The second kappa shape index (κ2) is 6.63. The van der Waals surface area contributed by atoms with Crippen LogP contribution in [0.4, 0.5) is 10.1 Å². The molecule has 1 amide bonds. The van der Waals surface area contributed by atoms with Crippen molar-refractivity contribution in [2.24, 2.45) is 0 Å². The van der Waals surface area contributed by atoms with Gasteiger partial charge in [0.1, 0.15) is 5.82 Å². The molecule has 0 heterocycles. The number of hydrogen-bond donors (Lipinski definition) is 1. The zero-order chi connectivity index (χ0) is 15.4. The van der Waals surface area contributed by atoms with Gasteiger partial charge in [-0.1, -0.05) is 12.1 Å². The first-order valence-electron chi connectivity index (χ1n) is 6.44. The van der Waals surface area contributed by atoms with Crippen molar-refractivity contribution in [3.8, 4) is 0 Å². The Balaban J connectivity index is 2.13. The molecule has 0 bridgehead atoms. The van der Waals surface area contributed by atoms with Gasteiger partial charge in [-0.15, -0.1) is 11.8 Å². The maximum absolute atomic E-state index is 13.3. The topological polar surface area (TPSA) is 46.3 Å². The fourth-order valence-corrected chi connectivity index (χ4v) is 2.40. The molecule has 0 spiro atoms. The Morgan fingerprint density at radius 2 is 1.90 bits per heavy atom. The van der Waals surface area contributed by atoms with Crippen LogP contribution >= 0.6 is 11.8 Å². The monoisotopic (exact) mass is 304 g/mol. The number of rotatable bonds is 4. The van der Waals surface area contributed by atoms with E-state index in [9.17, 15) is 9.18 Å². The number of nitrogen functional groups attached to an aromatic ring is 1. The third-order valence-electron chi connectivity index (χ3n) is 3.17. The molecule has 110 valence electrons. The number of halogens is 1. The Morgan fingerprint density at radius 1 is 1.24 bits per heavy atom. The van der Waals surface area contributed by atoms with Gasteiger partial charge in [-0.3, -0.25) is 4.79 Å². The van der Waals surface area contributed by atoms with Gasteiger partial charge in [-0.05, 0) is 42.2 Å². The molecule has 0 aliphatic heterocycles. The summed E-state index contributed by atoms with van der Waals surface area (Å²) in [6.45, 7) is 0.448. The Kier molecular flexibility index (Phi) is 4.85. The van der Waals surface area contributed by atoms with E-state index in [-0.39, 0.29) is 17.2 Å². The molecule has 2 rings (SSSR count). The van der Waals surface area contributed by atoms with E-state index in [1.54, 1.807) is 18.8 Å². The molecule has 0 saturated carbocycles. The van der Waals surface area contributed by atoms with E-state index in [1.807, 2.05) is 30.5 Å². The van der Waals surface area contributed by atoms with Gasteiger partial charge in [-0.25, -0.2) is 4.39 Å². The number of nitrogens with two attached hydrogens (primary N) is 1. The lowest BCUT2D eigenvalue weighted by Crippen LogP contribution is -2.27. The predicted molar refractivity (Wildman–Crippen MR) is 84.8 cm³/mol. The quantitative estimate of drug-likeness (QED) is 0.695. The molecule has 0 saturated heterocycles. The van der Waals surface area contributed by atoms with Crippen LogP contribution < -0.4 is 5.73 Å². The van der Waals surface area contributed by atoms with Crippen LogP contribution in [0.5, 0.6) is 0 Å². The molecule has 0 fully saturated rings. The van der Waals surface area contributed by atoms with Crippen LogP contribution in [0.1, 0.15) is 15.9 Å². The van der Waals surface area contributed by atoms with Crippen molar-refractivity contribution in [3.05, 3.63) is 59.4 Å². The standard InChI is InChI=1S/C16H17FN2OS/c1-19(10-11-3-6-13(21-2)7-4-11)16(20)14-9-12(17)5-8-15(14)18/h3-9H,10,18H2,1-2H3. The summed E-state index contributed by atoms with van der Waals surface area (Å²) in [6.07, 6.45) is 2.01. The lowest BCUT2D eigenvalue weighted by molar-refractivity contribution is 0.0785. The smallest absolute Gasteiger partial charge is 0.256 e. The van der Waals surface area contributed by atoms with Crippen LogP contribution in [0, 0.1) is 5.82 Å². The molecule has 2 N–H and O–H groups in total. The van der Waals surface area contributed by atoms with Gasteiger partial charge < -0.3 is 10.6 Å². The van der Waals surface area contributed by atoms with Gasteiger partial charge in [-0.2, -0.15) is 0 Å². The van der Waals surface area contributed by atoms with Crippen molar-refractivity contribution in [2.75, 3.05) is 19.0 Å². The van der Waals surface area contributed by atoms with E-state index in [1.165, 1.54) is 28.0 Å². The second-order valence-electron chi connectivity index (χ2n) is 4.74. The minimum atomic E-state index is -0.467. The number of nitrogens with zero attached hydrogens (tertiary/aromatic N) is 1. The lowest BCUT2D eigenvalue weighted by atomic mass is 10.1. The SMILES string of the molecule is CSc1ccc(CN(C)C(=O)c2cc(F)ccc2N)cc1. The van der Waals surface area contributed by atoms with Crippen LogP contribution in [-0.4, -0.2) is 24.1 Å². The van der Waals surface area contributed by atoms with E-state index in [0.717, 1.165) is 5.56 Å². The summed E-state index contributed by atoms with van der Waals surface area (Å²) in [7, 11) is 1.68. The molecule has 0 aliphatic carbocycles. The predicted octanol–water partition coefficient (Wildman–Crippen LogP) is 3.40. The molecular weight excluding hydrogens is 287 g/mol. The first kappa shape index (κ1) is 15.4. The highest BCUT2D eigenvalue weighted by molar-refractivity contribution is 7.98. The lowest BCUT2D eigenvalue weighted by Gasteiger charge is -2.18. The number of thioether (sulfide) groups is 1. The van der Waals surface area contributed by atoms with E-state index < -0.39 is 5.82 Å². The fourth-order valence-electron chi connectivity index (χ4n) is 2.00. The molecule has 2 aromatic rings. The zero-order valence-electron chi connectivity index (χ0n) is 12.0. The first-order chi connectivity index (χ1) is 10.0. The molecule has 0 unspecified atom stereocenters. The normalized spacial score (nSPS) is 10.4. The van der Waals surface area contributed by atoms with Gasteiger partial charge in [0.2, 0.25) is 0 Å². The van der Waals surface area contributed by atoms with Crippen LogP contribution in [0.2, 0.25) is 0 Å². The van der Waals surface area contributed by atoms with Crippen molar-refractivity contribution in [2.45, 2.75) is 11.4 Å². The van der Waals surface area contributed by atoms with E-state index in [4.69, 9.17) is 5.73 Å². The number of anilines is 1. The minimum absolute atomic E-state index is 0.193. The van der Waals surface area contributed by atoms with Crippen LogP contribution in [0.3, 0.4) is 0 Å². The molecule has 3 nitrogen and oxygen atoms in total. The largest absolute Gasteiger partial charge is 0.398 e. The highest BCUT2D eigenvalue weighted by atomic mass is 32.2. The summed E-state index contributed by atoms with van der Waals surface area (Å²) < 4.78 is 13.3. The van der Waals surface area contributed by atoms with Gasteiger partial charge in [0.05, 0.1) is 5.56 Å². The van der Waals surface area contributed by atoms with Gasteiger partial charge >= 0.3 is 0 Å². The summed E-state index contributed by atoms with van der Waals surface area (Å²) in [5.74, 6) is -0.758. The van der Waals surface area contributed by atoms with Gasteiger partial charge in [0, 0.05) is 24.2 Å². The molecule has 5 heteroatoms. The maximum Gasteiger partial charge on any atom is 0.256 e. The Bertz CT molecular complexity index is 643. The van der Waals surface area contributed by atoms with E-state index in [2.05, 4.69) is 0 Å². The fraction of sp³-hybridized carbons (Fsp3) is 0.188. The number of hydrogen-bond acceptors (Lipinski definition) is 3. The molecule has 0 aliphatic rings.